The Morgan fingerprint density at radius 3 is 2.45 bits per heavy atom. The van der Waals surface area contributed by atoms with Gasteiger partial charge in [-0.15, -0.1) is 11.3 Å². The molecule has 10 heteroatoms. The van der Waals surface area contributed by atoms with Crippen LogP contribution in [0, 0.1) is 10.1 Å². The lowest BCUT2D eigenvalue weighted by Gasteiger charge is -2.34. The van der Waals surface area contributed by atoms with E-state index in [9.17, 15) is 19.7 Å². The Balaban J connectivity index is 1.41. The molecule has 2 aromatic rings. The number of hydrogen-bond acceptors (Lipinski definition) is 7. The number of nitrogens with zero attached hydrogens (tertiary/aromatic N) is 3. The predicted molar refractivity (Wildman–Crippen MR) is 105 cm³/mol. The van der Waals surface area contributed by atoms with Crippen molar-refractivity contribution < 1.29 is 24.0 Å². The number of piperazine rings is 1. The summed E-state index contributed by atoms with van der Waals surface area (Å²) < 4.78 is 10.4. The summed E-state index contributed by atoms with van der Waals surface area (Å²) in [4.78, 5) is 39.7. The number of hydrogen-bond donors (Lipinski definition) is 0. The molecule has 3 heterocycles. The van der Waals surface area contributed by atoms with Gasteiger partial charge in [-0.3, -0.25) is 19.7 Å². The fraction of sp³-hybridized carbons (Fsp3) is 0.263. The molecule has 9 nitrogen and oxygen atoms in total. The quantitative estimate of drug-likeness (QED) is 0.432. The van der Waals surface area contributed by atoms with Crippen molar-refractivity contribution in [1.82, 2.24) is 9.80 Å². The number of amides is 2. The van der Waals surface area contributed by atoms with E-state index in [4.69, 9.17) is 9.47 Å². The van der Waals surface area contributed by atoms with Crippen molar-refractivity contribution in [3.05, 3.63) is 56.3 Å². The Morgan fingerprint density at radius 2 is 1.79 bits per heavy atom. The summed E-state index contributed by atoms with van der Waals surface area (Å²) in [5, 5.41) is 13.2. The fourth-order valence-corrected chi connectivity index (χ4v) is 3.88. The van der Waals surface area contributed by atoms with Gasteiger partial charge >= 0.3 is 0 Å². The molecule has 0 radical (unpaired) electrons. The number of nitro benzene ring substituents is 1. The average Bonchev–Trinajstić information content (AvgIpc) is 3.42. The summed E-state index contributed by atoms with van der Waals surface area (Å²) >= 11 is 1.39. The van der Waals surface area contributed by atoms with Crippen molar-refractivity contribution in [2.24, 2.45) is 0 Å². The molecule has 0 aliphatic carbocycles. The lowest BCUT2D eigenvalue weighted by atomic mass is 10.1. The minimum absolute atomic E-state index is 0.00700. The maximum Gasteiger partial charge on any atom is 0.280 e. The largest absolute Gasteiger partial charge is 0.454 e. The maximum atomic E-state index is 12.5. The number of rotatable bonds is 4. The van der Waals surface area contributed by atoms with Crippen molar-refractivity contribution in [3.63, 3.8) is 0 Å². The third-order valence-electron chi connectivity index (χ3n) is 4.73. The first-order valence-electron chi connectivity index (χ1n) is 8.91. The smallest absolute Gasteiger partial charge is 0.280 e. The second-order valence-electron chi connectivity index (χ2n) is 6.45. The molecule has 29 heavy (non-hydrogen) atoms. The fourth-order valence-electron chi connectivity index (χ4n) is 3.19. The topological polar surface area (TPSA) is 102 Å². The molecule has 4 rings (SSSR count). The minimum Gasteiger partial charge on any atom is -0.454 e. The van der Waals surface area contributed by atoms with E-state index in [0.717, 1.165) is 0 Å². The first kappa shape index (κ1) is 18.9. The molecule has 0 N–H and O–H groups in total. The Kier molecular flexibility index (Phi) is 5.17. The van der Waals surface area contributed by atoms with Crippen molar-refractivity contribution >= 4 is 34.9 Å². The van der Waals surface area contributed by atoms with Gasteiger partial charge in [0.2, 0.25) is 12.7 Å². The van der Waals surface area contributed by atoms with Gasteiger partial charge in [0.15, 0.2) is 11.5 Å². The molecule has 0 unspecified atom stereocenters. The van der Waals surface area contributed by atoms with Gasteiger partial charge in [0, 0.05) is 32.3 Å². The molecule has 150 valence electrons. The lowest BCUT2D eigenvalue weighted by Crippen LogP contribution is -2.50. The molecule has 0 spiro atoms. The summed E-state index contributed by atoms with van der Waals surface area (Å²) in [5.74, 6) is 0.425. The van der Waals surface area contributed by atoms with Crippen LogP contribution >= 0.6 is 11.3 Å². The number of fused-ring (bicyclic) bond motifs is 1. The van der Waals surface area contributed by atoms with Crippen LogP contribution in [0.4, 0.5) is 5.69 Å². The molecule has 2 amide bonds. The number of ether oxygens (including phenoxy) is 2. The molecule has 0 saturated carbocycles. The Hall–Kier alpha value is -3.40. The third-order valence-corrected chi connectivity index (χ3v) is 5.59. The maximum absolute atomic E-state index is 12.5. The Morgan fingerprint density at radius 1 is 1.10 bits per heavy atom. The monoisotopic (exact) mass is 415 g/mol. The number of thiophene rings is 1. The van der Waals surface area contributed by atoms with Gasteiger partial charge in [-0.05, 0) is 23.6 Å². The van der Waals surface area contributed by atoms with E-state index in [1.165, 1.54) is 35.6 Å². The van der Waals surface area contributed by atoms with E-state index in [1.807, 2.05) is 11.4 Å². The molecule has 0 bridgehead atoms. The second kappa shape index (κ2) is 7.92. The van der Waals surface area contributed by atoms with Gasteiger partial charge in [-0.1, -0.05) is 6.07 Å². The van der Waals surface area contributed by atoms with Gasteiger partial charge < -0.3 is 19.3 Å². The van der Waals surface area contributed by atoms with E-state index < -0.39 is 4.92 Å². The van der Waals surface area contributed by atoms with Crippen molar-refractivity contribution in [2.45, 2.75) is 0 Å². The van der Waals surface area contributed by atoms with E-state index >= 15 is 0 Å². The van der Waals surface area contributed by atoms with Gasteiger partial charge in [0.25, 0.3) is 11.6 Å². The molecule has 1 aromatic carbocycles. The van der Waals surface area contributed by atoms with Crippen molar-refractivity contribution in [1.29, 1.82) is 0 Å². The highest BCUT2D eigenvalue weighted by Crippen LogP contribution is 2.38. The van der Waals surface area contributed by atoms with Crippen LogP contribution in [0.25, 0.3) is 6.08 Å². The minimum atomic E-state index is -0.527. The number of benzene rings is 1. The Labute approximate surface area is 169 Å². The second-order valence-corrected chi connectivity index (χ2v) is 7.40. The summed E-state index contributed by atoms with van der Waals surface area (Å²) in [5.41, 5.74) is 0.101. The Bertz CT molecular complexity index is 980. The van der Waals surface area contributed by atoms with E-state index in [1.54, 1.807) is 15.9 Å². The molecule has 1 aromatic heterocycles. The van der Waals surface area contributed by atoms with Gasteiger partial charge in [0.05, 0.1) is 21.4 Å². The molecule has 1 saturated heterocycles. The average molecular weight is 415 g/mol. The summed E-state index contributed by atoms with van der Waals surface area (Å²) in [6.45, 7) is 1.71. The van der Waals surface area contributed by atoms with Crippen LogP contribution in [0.3, 0.4) is 0 Å². The molecule has 2 aliphatic heterocycles. The molecule has 0 atom stereocenters. The third kappa shape index (κ3) is 3.92. The molecular weight excluding hydrogens is 398 g/mol. The van der Waals surface area contributed by atoms with E-state index in [-0.39, 0.29) is 29.9 Å². The molecular formula is C19H17N3O6S. The number of nitro groups is 1. The standard InChI is InChI=1S/C19H17N3O6S/c23-18(20-5-7-21(8-6-20)19(24)17-2-1-9-29-17)4-3-13-10-15-16(28-12-27-15)11-14(13)22(25)26/h1-4,9-11H,5-8,12H2/b4-3+. The lowest BCUT2D eigenvalue weighted by molar-refractivity contribution is -0.385. The predicted octanol–water partition coefficient (Wildman–Crippen LogP) is 2.38. The van der Waals surface area contributed by atoms with Gasteiger partial charge in [-0.25, -0.2) is 0 Å². The van der Waals surface area contributed by atoms with E-state index in [2.05, 4.69) is 0 Å². The SMILES string of the molecule is O=C(/C=C/c1cc2c(cc1[N+](=O)[O-])OCO2)N1CCN(C(=O)c2cccs2)CC1. The van der Waals surface area contributed by atoms with Crippen molar-refractivity contribution in [3.8, 4) is 11.5 Å². The van der Waals surface area contributed by atoms with Gasteiger partial charge in [-0.2, -0.15) is 0 Å². The van der Waals surface area contributed by atoms with Crippen molar-refractivity contribution in [2.75, 3.05) is 33.0 Å². The van der Waals surface area contributed by atoms with Crippen LogP contribution < -0.4 is 9.47 Å². The highest BCUT2D eigenvalue weighted by atomic mass is 32.1. The first-order chi connectivity index (χ1) is 14.0. The zero-order chi connectivity index (χ0) is 20.4. The van der Waals surface area contributed by atoms with Crippen LogP contribution in [0.1, 0.15) is 15.2 Å². The highest BCUT2D eigenvalue weighted by Gasteiger charge is 2.25. The number of carbonyl (C=O) groups excluding carboxylic acids is 2. The molecule has 1 fully saturated rings. The first-order valence-corrected chi connectivity index (χ1v) is 9.78. The molecule has 2 aliphatic rings. The summed E-state index contributed by atoms with van der Waals surface area (Å²) in [6, 6.07) is 6.40. The summed E-state index contributed by atoms with van der Waals surface area (Å²) in [6.07, 6.45) is 2.72. The zero-order valence-corrected chi connectivity index (χ0v) is 16.1. The van der Waals surface area contributed by atoms with Gasteiger partial charge in [0.1, 0.15) is 0 Å². The van der Waals surface area contributed by atoms with E-state index in [0.29, 0.717) is 42.6 Å². The number of carbonyl (C=O) groups is 2. The van der Waals surface area contributed by atoms with Crippen LogP contribution in [-0.4, -0.2) is 59.5 Å². The normalized spacial score (nSPS) is 15.7. The zero-order valence-electron chi connectivity index (χ0n) is 15.3. The van der Waals surface area contributed by atoms with Crippen LogP contribution in [-0.2, 0) is 4.79 Å². The van der Waals surface area contributed by atoms with Crippen LogP contribution in [0.5, 0.6) is 11.5 Å². The van der Waals surface area contributed by atoms with Crippen LogP contribution in [0.15, 0.2) is 35.7 Å². The summed E-state index contributed by atoms with van der Waals surface area (Å²) in [7, 11) is 0. The highest BCUT2D eigenvalue weighted by molar-refractivity contribution is 7.12. The van der Waals surface area contributed by atoms with Crippen LogP contribution in [0.2, 0.25) is 0 Å².